The van der Waals surface area contributed by atoms with Gasteiger partial charge in [0, 0.05) is 5.54 Å². The van der Waals surface area contributed by atoms with Crippen LogP contribution in [0.15, 0.2) is 24.3 Å². The van der Waals surface area contributed by atoms with Crippen LogP contribution in [-0.2, 0) is 6.42 Å². The van der Waals surface area contributed by atoms with Crippen molar-refractivity contribution < 1.29 is 0 Å². The van der Waals surface area contributed by atoms with Gasteiger partial charge in [-0.3, -0.25) is 0 Å². The highest BCUT2D eigenvalue weighted by atomic mass is 15.0. The number of rotatable bonds is 3. The first kappa shape index (κ1) is 12.2. The SMILES string of the molecule is Cc1ccc(CC2(C3CC3)CCCCCN2)cc1. The predicted molar refractivity (Wildman–Crippen MR) is 76.8 cm³/mol. The van der Waals surface area contributed by atoms with Gasteiger partial charge in [0.25, 0.3) is 0 Å². The quantitative estimate of drug-likeness (QED) is 0.850. The molecule has 1 nitrogen and oxygen atoms in total. The van der Waals surface area contributed by atoms with Crippen LogP contribution < -0.4 is 5.32 Å². The van der Waals surface area contributed by atoms with E-state index >= 15 is 0 Å². The summed E-state index contributed by atoms with van der Waals surface area (Å²) in [5, 5.41) is 3.92. The molecule has 1 heteroatoms. The van der Waals surface area contributed by atoms with Crippen LogP contribution in [0.2, 0.25) is 0 Å². The maximum atomic E-state index is 3.92. The molecule has 0 bridgehead atoms. The van der Waals surface area contributed by atoms with E-state index in [1.165, 1.54) is 62.6 Å². The topological polar surface area (TPSA) is 12.0 Å². The van der Waals surface area contributed by atoms with Gasteiger partial charge < -0.3 is 5.32 Å². The average Bonchev–Trinajstić information content (AvgIpc) is 3.18. The smallest absolute Gasteiger partial charge is 0.0249 e. The van der Waals surface area contributed by atoms with Crippen molar-refractivity contribution in [3.8, 4) is 0 Å². The molecule has 1 unspecified atom stereocenters. The third-order valence-electron chi connectivity index (χ3n) is 4.78. The fourth-order valence-corrected chi connectivity index (χ4v) is 3.52. The number of aryl methyl sites for hydroxylation is 1. The molecular weight excluding hydrogens is 218 g/mol. The summed E-state index contributed by atoms with van der Waals surface area (Å²) in [5.74, 6) is 0.942. The molecule has 1 atom stereocenters. The van der Waals surface area contributed by atoms with E-state index in [-0.39, 0.29) is 0 Å². The molecule has 2 aliphatic rings. The second-order valence-electron chi connectivity index (χ2n) is 6.33. The molecule has 1 saturated carbocycles. The van der Waals surface area contributed by atoms with Gasteiger partial charge in [0.1, 0.15) is 0 Å². The largest absolute Gasteiger partial charge is 0.311 e. The van der Waals surface area contributed by atoms with Crippen molar-refractivity contribution in [2.45, 2.75) is 57.4 Å². The van der Waals surface area contributed by atoms with E-state index in [4.69, 9.17) is 0 Å². The monoisotopic (exact) mass is 243 g/mol. The van der Waals surface area contributed by atoms with Crippen molar-refractivity contribution in [2.24, 2.45) is 5.92 Å². The predicted octanol–water partition coefficient (Wildman–Crippen LogP) is 3.85. The third kappa shape index (κ3) is 2.61. The number of hydrogen-bond donors (Lipinski definition) is 1. The molecule has 0 radical (unpaired) electrons. The fourth-order valence-electron chi connectivity index (χ4n) is 3.52. The Bertz CT molecular complexity index is 381. The summed E-state index contributed by atoms with van der Waals surface area (Å²) in [7, 11) is 0. The summed E-state index contributed by atoms with van der Waals surface area (Å²) >= 11 is 0. The Morgan fingerprint density at radius 3 is 2.61 bits per heavy atom. The Kier molecular flexibility index (Phi) is 3.43. The minimum absolute atomic E-state index is 0.422. The Morgan fingerprint density at radius 2 is 1.89 bits per heavy atom. The van der Waals surface area contributed by atoms with E-state index in [0.717, 1.165) is 5.92 Å². The first-order chi connectivity index (χ1) is 8.78. The van der Waals surface area contributed by atoms with Crippen LogP contribution in [0.25, 0.3) is 0 Å². The maximum Gasteiger partial charge on any atom is 0.0249 e. The lowest BCUT2D eigenvalue weighted by molar-refractivity contribution is 0.271. The molecule has 1 heterocycles. The molecule has 0 aromatic heterocycles. The molecule has 0 spiro atoms. The zero-order valence-electron chi connectivity index (χ0n) is 11.5. The lowest BCUT2D eigenvalue weighted by atomic mass is 9.82. The van der Waals surface area contributed by atoms with E-state index in [9.17, 15) is 0 Å². The van der Waals surface area contributed by atoms with Crippen molar-refractivity contribution in [1.82, 2.24) is 5.32 Å². The fraction of sp³-hybridized carbons (Fsp3) is 0.647. The van der Waals surface area contributed by atoms with Crippen LogP contribution in [0.4, 0.5) is 0 Å². The van der Waals surface area contributed by atoms with Crippen LogP contribution in [0.1, 0.15) is 49.7 Å². The van der Waals surface area contributed by atoms with Gasteiger partial charge in [0.15, 0.2) is 0 Å². The van der Waals surface area contributed by atoms with Gasteiger partial charge >= 0.3 is 0 Å². The number of hydrogen-bond acceptors (Lipinski definition) is 1. The summed E-state index contributed by atoms with van der Waals surface area (Å²) in [4.78, 5) is 0. The molecule has 1 N–H and O–H groups in total. The molecule has 18 heavy (non-hydrogen) atoms. The molecular formula is C17H25N. The van der Waals surface area contributed by atoms with Crippen LogP contribution in [0.3, 0.4) is 0 Å². The summed E-state index contributed by atoms with van der Waals surface area (Å²) in [5.41, 5.74) is 3.31. The lowest BCUT2D eigenvalue weighted by Crippen LogP contribution is -2.48. The molecule has 1 aromatic carbocycles. The average molecular weight is 243 g/mol. The zero-order valence-corrected chi connectivity index (χ0v) is 11.5. The lowest BCUT2D eigenvalue weighted by Gasteiger charge is -2.34. The third-order valence-corrected chi connectivity index (χ3v) is 4.78. The van der Waals surface area contributed by atoms with E-state index in [2.05, 4.69) is 36.5 Å². The van der Waals surface area contributed by atoms with Crippen molar-refractivity contribution in [3.63, 3.8) is 0 Å². The van der Waals surface area contributed by atoms with Gasteiger partial charge in [-0.25, -0.2) is 0 Å². The van der Waals surface area contributed by atoms with E-state index in [1.807, 2.05) is 0 Å². The molecule has 1 aliphatic heterocycles. The number of nitrogens with one attached hydrogen (secondary N) is 1. The summed E-state index contributed by atoms with van der Waals surface area (Å²) in [6.45, 7) is 3.40. The second kappa shape index (κ2) is 5.05. The Labute approximate surface area is 111 Å². The van der Waals surface area contributed by atoms with Crippen LogP contribution in [-0.4, -0.2) is 12.1 Å². The van der Waals surface area contributed by atoms with Gasteiger partial charge in [-0.15, -0.1) is 0 Å². The van der Waals surface area contributed by atoms with E-state index < -0.39 is 0 Å². The minimum atomic E-state index is 0.422. The highest BCUT2D eigenvalue weighted by Gasteiger charge is 2.44. The van der Waals surface area contributed by atoms with Crippen LogP contribution in [0, 0.1) is 12.8 Å². The molecule has 1 aromatic rings. The van der Waals surface area contributed by atoms with Crippen molar-refractivity contribution >= 4 is 0 Å². The van der Waals surface area contributed by atoms with Gasteiger partial charge in [-0.2, -0.15) is 0 Å². The van der Waals surface area contributed by atoms with Gasteiger partial charge in [-0.05, 0) is 57.1 Å². The summed E-state index contributed by atoms with van der Waals surface area (Å²) in [6.07, 6.45) is 9.69. The molecule has 98 valence electrons. The molecule has 1 saturated heterocycles. The van der Waals surface area contributed by atoms with Crippen LogP contribution in [0.5, 0.6) is 0 Å². The Morgan fingerprint density at radius 1 is 1.11 bits per heavy atom. The summed E-state index contributed by atoms with van der Waals surface area (Å²) < 4.78 is 0. The standard InChI is InChI=1S/C17H25N/c1-14-5-7-15(8-6-14)13-17(16-9-10-16)11-3-2-4-12-18-17/h5-8,16,18H,2-4,9-13H2,1H3. The molecule has 1 aliphatic carbocycles. The first-order valence-electron chi connectivity index (χ1n) is 7.59. The number of benzene rings is 1. The van der Waals surface area contributed by atoms with Crippen molar-refractivity contribution in [2.75, 3.05) is 6.54 Å². The Hall–Kier alpha value is -0.820. The van der Waals surface area contributed by atoms with Crippen molar-refractivity contribution in [3.05, 3.63) is 35.4 Å². The maximum absolute atomic E-state index is 3.92. The Balaban J connectivity index is 1.78. The van der Waals surface area contributed by atoms with Gasteiger partial charge in [-0.1, -0.05) is 42.7 Å². The normalized spacial score (nSPS) is 28.9. The van der Waals surface area contributed by atoms with Crippen molar-refractivity contribution in [1.29, 1.82) is 0 Å². The van der Waals surface area contributed by atoms with Gasteiger partial charge in [0.2, 0.25) is 0 Å². The van der Waals surface area contributed by atoms with E-state index in [1.54, 1.807) is 0 Å². The zero-order chi connectivity index (χ0) is 12.4. The highest BCUT2D eigenvalue weighted by Crippen LogP contribution is 2.45. The second-order valence-corrected chi connectivity index (χ2v) is 6.33. The first-order valence-corrected chi connectivity index (χ1v) is 7.59. The molecule has 2 fully saturated rings. The summed E-state index contributed by atoms with van der Waals surface area (Å²) in [6, 6.07) is 9.16. The van der Waals surface area contributed by atoms with Crippen LogP contribution >= 0.6 is 0 Å². The minimum Gasteiger partial charge on any atom is -0.311 e. The van der Waals surface area contributed by atoms with Gasteiger partial charge in [0.05, 0.1) is 0 Å². The highest BCUT2D eigenvalue weighted by molar-refractivity contribution is 5.24. The molecule has 0 amide bonds. The van der Waals surface area contributed by atoms with E-state index in [0.29, 0.717) is 5.54 Å². The molecule has 3 rings (SSSR count).